The number of hydrogen-bond acceptors (Lipinski definition) is 4. The van der Waals surface area contributed by atoms with Crippen LogP contribution in [0.3, 0.4) is 0 Å². The first-order valence-electron chi connectivity index (χ1n) is 17.9. The number of unbranched alkanes of at least 4 members (excludes halogenated alkanes) is 14. The van der Waals surface area contributed by atoms with Crippen LogP contribution in [0.5, 0.6) is 0 Å². The van der Waals surface area contributed by atoms with Gasteiger partial charge in [-0.25, -0.2) is 0 Å². The number of aliphatic hydroxyl groups is 3. The van der Waals surface area contributed by atoms with E-state index in [1.54, 1.807) is 0 Å². The van der Waals surface area contributed by atoms with Gasteiger partial charge in [-0.3, -0.25) is 4.79 Å². The molecule has 0 spiro atoms. The van der Waals surface area contributed by atoms with E-state index in [1.165, 1.54) is 70.6 Å². The van der Waals surface area contributed by atoms with E-state index in [9.17, 15) is 20.1 Å². The third-order valence-corrected chi connectivity index (χ3v) is 7.91. The maximum absolute atomic E-state index is 12.3. The molecule has 0 aliphatic carbocycles. The maximum atomic E-state index is 12.3. The minimum absolute atomic E-state index is 0.103. The van der Waals surface area contributed by atoms with Crippen LogP contribution in [0.1, 0.15) is 162 Å². The summed E-state index contributed by atoms with van der Waals surface area (Å²) in [6.45, 7) is 4.16. The zero-order valence-electron chi connectivity index (χ0n) is 28.1. The van der Waals surface area contributed by atoms with Gasteiger partial charge in [-0.2, -0.15) is 0 Å². The zero-order valence-corrected chi connectivity index (χ0v) is 28.1. The van der Waals surface area contributed by atoms with Crippen LogP contribution in [-0.2, 0) is 4.79 Å². The van der Waals surface area contributed by atoms with Crippen molar-refractivity contribution in [2.45, 2.75) is 180 Å². The normalized spacial score (nSPS) is 14.4. The molecule has 0 aromatic carbocycles. The molecule has 4 N–H and O–H groups in total. The van der Waals surface area contributed by atoms with Crippen LogP contribution < -0.4 is 5.32 Å². The molecule has 3 atom stereocenters. The van der Waals surface area contributed by atoms with Gasteiger partial charge in [0, 0.05) is 6.42 Å². The highest BCUT2D eigenvalue weighted by Gasteiger charge is 2.19. The summed E-state index contributed by atoms with van der Waals surface area (Å²) in [6.07, 6.45) is 40.7. The van der Waals surface area contributed by atoms with Crippen molar-refractivity contribution in [2.24, 2.45) is 0 Å². The standard InChI is InChI=1S/C38H69NO4/c1-3-5-7-8-9-10-11-12-16-19-22-25-28-32-37(42)36(34-40)39-38(43)33-29-26-23-20-17-14-13-15-18-21-24-27-31-35(41)30-6-4-2/h13-14,18,20-21,23,27,31,35-37,40-42H,3-12,15-17,19,22,24-26,28-30,32-34H2,1-2H3,(H,39,43)/b14-13-,21-18-,23-20-,31-27-/t35-,36+,37-/m1/s1. The number of nitrogens with one attached hydrogen (secondary N) is 1. The third-order valence-electron chi connectivity index (χ3n) is 7.91. The van der Waals surface area contributed by atoms with Gasteiger partial charge in [0.25, 0.3) is 0 Å². The molecule has 1 amide bonds. The summed E-state index contributed by atoms with van der Waals surface area (Å²) >= 11 is 0. The molecule has 0 bridgehead atoms. The highest BCUT2D eigenvalue weighted by Crippen LogP contribution is 2.14. The molecule has 5 heteroatoms. The number of hydrogen-bond donors (Lipinski definition) is 4. The number of aliphatic hydroxyl groups excluding tert-OH is 3. The highest BCUT2D eigenvalue weighted by molar-refractivity contribution is 5.76. The lowest BCUT2D eigenvalue weighted by Crippen LogP contribution is -2.45. The van der Waals surface area contributed by atoms with Crippen molar-refractivity contribution >= 4 is 5.91 Å². The van der Waals surface area contributed by atoms with Gasteiger partial charge in [-0.05, 0) is 44.9 Å². The SMILES string of the molecule is CCCCCCCCCCCCCCC[C@@H](O)[C@H](CO)NC(=O)CCC/C=C\C/C=C\C/C=C\C/C=C\[C@H](O)CCCC. The molecular formula is C38H69NO4. The molecule has 0 saturated heterocycles. The summed E-state index contributed by atoms with van der Waals surface area (Å²) < 4.78 is 0. The van der Waals surface area contributed by atoms with Gasteiger partial charge in [-0.15, -0.1) is 0 Å². The van der Waals surface area contributed by atoms with Crippen LogP contribution in [-0.4, -0.2) is 46.1 Å². The van der Waals surface area contributed by atoms with Crippen LogP contribution in [0.15, 0.2) is 48.6 Å². The summed E-state index contributed by atoms with van der Waals surface area (Å²) in [6, 6.07) is -0.576. The van der Waals surface area contributed by atoms with Crippen LogP contribution >= 0.6 is 0 Å². The van der Waals surface area contributed by atoms with Crippen molar-refractivity contribution in [1.82, 2.24) is 5.32 Å². The summed E-state index contributed by atoms with van der Waals surface area (Å²) in [7, 11) is 0. The fourth-order valence-corrected chi connectivity index (χ4v) is 5.08. The first-order valence-corrected chi connectivity index (χ1v) is 17.9. The highest BCUT2D eigenvalue weighted by atomic mass is 16.3. The Balaban J connectivity index is 3.76. The van der Waals surface area contributed by atoms with Gasteiger partial charge in [0.1, 0.15) is 0 Å². The first kappa shape index (κ1) is 41.3. The predicted octanol–water partition coefficient (Wildman–Crippen LogP) is 9.42. The number of carbonyl (C=O) groups excluding carboxylic acids is 1. The van der Waals surface area contributed by atoms with Crippen molar-refractivity contribution in [2.75, 3.05) is 6.61 Å². The fraction of sp³-hybridized carbons (Fsp3) is 0.763. The second-order valence-electron chi connectivity index (χ2n) is 12.1. The second kappa shape index (κ2) is 33.2. The monoisotopic (exact) mass is 604 g/mol. The molecule has 0 rings (SSSR count). The molecule has 0 aromatic rings. The topological polar surface area (TPSA) is 89.8 Å². The zero-order chi connectivity index (χ0) is 31.6. The van der Waals surface area contributed by atoms with Gasteiger partial charge in [0.2, 0.25) is 5.91 Å². The molecule has 5 nitrogen and oxygen atoms in total. The Kier molecular flexibility index (Phi) is 31.9. The summed E-state index contributed by atoms with van der Waals surface area (Å²) in [5, 5.41) is 32.7. The average Bonchev–Trinajstić information content (AvgIpc) is 3.01. The van der Waals surface area contributed by atoms with Crippen molar-refractivity contribution < 1.29 is 20.1 Å². The molecule has 250 valence electrons. The largest absolute Gasteiger partial charge is 0.394 e. The van der Waals surface area contributed by atoms with Crippen LogP contribution in [0.4, 0.5) is 0 Å². The third kappa shape index (κ3) is 30.1. The Morgan fingerprint density at radius 1 is 0.605 bits per heavy atom. The minimum Gasteiger partial charge on any atom is -0.394 e. The molecule has 0 aromatic heterocycles. The Hall–Kier alpha value is -1.69. The Labute approximate surface area is 266 Å². The minimum atomic E-state index is -0.692. The van der Waals surface area contributed by atoms with Gasteiger partial charge in [-0.1, -0.05) is 159 Å². The van der Waals surface area contributed by atoms with Gasteiger partial charge >= 0.3 is 0 Å². The van der Waals surface area contributed by atoms with E-state index in [2.05, 4.69) is 55.6 Å². The van der Waals surface area contributed by atoms with E-state index < -0.39 is 12.1 Å². The second-order valence-corrected chi connectivity index (χ2v) is 12.1. The molecule has 0 heterocycles. The van der Waals surface area contributed by atoms with Crippen LogP contribution in [0, 0.1) is 0 Å². The molecule has 0 saturated carbocycles. The Morgan fingerprint density at radius 3 is 1.63 bits per heavy atom. The van der Waals surface area contributed by atoms with Gasteiger partial charge in [0.05, 0.1) is 24.9 Å². The summed E-state index contributed by atoms with van der Waals surface area (Å²) in [5.41, 5.74) is 0. The Morgan fingerprint density at radius 2 is 1.09 bits per heavy atom. The van der Waals surface area contributed by atoms with E-state index in [-0.39, 0.29) is 18.6 Å². The number of carbonyl (C=O) groups is 1. The van der Waals surface area contributed by atoms with E-state index in [4.69, 9.17) is 0 Å². The molecule has 0 aliphatic rings. The molecule has 43 heavy (non-hydrogen) atoms. The van der Waals surface area contributed by atoms with Gasteiger partial charge in [0.15, 0.2) is 0 Å². The fourth-order valence-electron chi connectivity index (χ4n) is 5.08. The molecular weight excluding hydrogens is 534 g/mol. The van der Waals surface area contributed by atoms with Crippen molar-refractivity contribution in [3.63, 3.8) is 0 Å². The van der Waals surface area contributed by atoms with E-state index in [1.807, 2.05) is 12.2 Å². The molecule has 0 radical (unpaired) electrons. The Bertz CT molecular complexity index is 715. The van der Waals surface area contributed by atoms with Crippen molar-refractivity contribution in [3.05, 3.63) is 48.6 Å². The molecule has 0 unspecified atom stereocenters. The van der Waals surface area contributed by atoms with Crippen molar-refractivity contribution in [1.29, 1.82) is 0 Å². The summed E-state index contributed by atoms with van der Waals surface area (Å²) in [4.78, 5) is 12.3. The van der Waals surface area contributed by atoms with Crippen LogP contribution in [0.2, 0.25) is 0 Å². The van der Waals surface area contributed by atoms with Crippen LogP contribution in [0.25, 0.3) is 0 Å². The quantitative estimate of drug-likeness (QED) is 0.0469. The predicted molar refractivity (Wildman–Crippen MR) is 185 cm³/mol. The van der Waals surface area contributed by atoms with E-state index in [0.29, 0.717) is 12.8 Å². The summed E-state index contributed by atoms with van der Waals surface area (Å²) in [5.74, 6) is -0.103. The van der Waals surface area contributed by atoms with Gasteiger partial charge < -0.3 is 20.6 Å². The average molecular weight is 604 g/mol. The maximum Gasteiger partial charge on any atom is 0.220 e. The lowest BCUT2D eigenvalue weighted by atomic mass is 10.0. The lowest BCUT2D eigenvalue weighted by molar-refractivity contribution is -0.123. The lowest BCUT2D eigenvalue weighted by Gasteiger charge is -2.22. The first-order chi connectivity index (χ1) is 21.0. The number of allylic oxidation sites excluding steroid dienone is 7. The number of rotatable bonds is 31. The van der Waals surface area contributed by atoms with Crippen molar-refractivity contribution in [3.8, 4) is 0 Å². The number of amides is 1. The smallest absolute Gasteiger partial charge is 0.220 e. The van der Waals surface area contributed by atoms with E-state index >= 15 is 0 Å². The van der Waals surface area contributed by atoms with E-state index in [0.717, 1.165) is 64.2 Å². The molecule has 0 aliphatic heterocycles. The molecule has 0 fully saturated rings.